The van der Waals surface area contributed by atoms with Crippen LogP contribution in [0.3, 0.4) is 0 Å². The van der Waals surface area contributed by atoms with Gasteiger partial charge in [-0.05, 0) is 6.92 Å². The van der Waals surface area contributed by atoms with Crippen LogP contribution in [0.1, 0.15) is 6.92 Å². The Bertz CT molecular complexity index is 103. The molecule has 0 rings (SSSR count). The topological polar surface area (TPSA) is 26.3 Å². The Balaban J connectivity index is 0. The van der Waals surface area contributed by atoms with Crippen molar-refractivity contribution in [3.63, 3.8) is 0 Å². The zero-order valence-corrected chi connectivity index (χ0v) is 5.88. The van der Waals surface area contributed by atoms with Crippen LogP contribution < -0.4 is 0 Å². The van der Waals surface area contributed by atoms with Crippen LogP contribution in [0, 0.1) is 12.3 Å². The molecule has 0 saturated heterocycles. The third kappa shape index (κ3) is 5.77. The third-order valence-electron chi connectivity index (χ3n) is 0.393. The van der Waals surface area contributed by atoms with Gasteiger partial charge < -0.3 is 4.74 Å². The van der Waals surface area contributed by atoms with E-state index in [-0.39, 0.29) is 22.4 Å². The van der Waals surface area contributed by atoms with Crippen molar-refractivity contribution in [2.45, 2.75) is 6.92 Å². The summed E-state index contributed by atoms with van der Waals surface area (Å²) in [7, 11) is 0. The molecule has 1 radical (unpaired) electrons. The molecular formula is C5H6AgO2. The number of carbonyl (C=O) groups is 1. The molecule has 2 nitrogen and oxygen atoms in total. The van der Waals surface area contributed by atoms with Gasteiger partial charge in [-0.3, -0.25) is 0 Å². The van der Waals surface area contributed by atoms with Gasteiger partial charge in [-0.15, -0.1) is 6.42 Å². The van der Waals surface area contributed by atoms with Gasteiger partial charge in [0.2, 0.25) is 0 Å². The molecule has 0 fully saturated rings. The summed E-state index contributed by atoms with van der Waals surface area (Å²) in [4.78, 5) is 9.95. The van der Waals surface area contributed by atoms with Crippen LogP contribution in [0.2, 0.25) is 0 Å². The summed E-state index contributed by atoms with van der Waals surface area (Å²) in [6.45, 7) is 2.05. The Morgan fingerprint density at radius 3 is 2.50 bits per heavy atom. The van der Waals surface area contributed by atoms with Crippen LogP contribution in [0.15, 0.2) is 0 Å². The Kier molecular flexibility index (Phi) is 9.05. The van der Waals surface area contributed by atoms with Gasteiger partial charge in [0.1, 0.15) is 0 Å². The first kappa shape index (κ1) is 10.7. The summed E-state index contributed by atoms with van der Waals surface area (Å²) in [5, 5.41) is 0. The minimum atomic E-state index is -0.595. The van der Waals surface area contributed by atoms with Crippen LogP contribution in [-0.4, -0.2) is 12.6 Å². The number of esters is 1. The Morgan fingerprint density at radius 2 is 2.38 bits per heavy atom. The predicted octanol–water partition coefficient (Wildman–Crippen LogP) is 0.180. The van der Waals surface area contributed by atoms with Crippen molar-refractivity contribution in [3.05, 3.63) is 0 Å². The second kappa shape index (κ2) is 6.77. The van der Waals surface area contributed by atoms with E-state index >= 15 is 0 Å². The second-order valence-electron chi connectivity index (χ2n) is 0.865. The van der Waals surface area contributed by atoms with Crippen molar-refractivity contribution >= 4 is 5.97 Å². The van der Waals surface area contributed by atoms with Gasteiger partial charge in [0.25, 0.3) is 0 Å². The number of terminal acetylenes is 1. The fourth-order valence-electron chi connectivity index (χ4n) is 0.173. The standard InChI is InChI=1S/C5H6O2.Ag/c1-3-5(6)7-4-2;/h1H,4H2,2H3;. The third-order valence-corrected chi connectivity index (χ3v) is 0.393. The Hall–Kier alpha value is -0.230. The van der Waals surface area contributed by atoms with Gasteiger partial charge >= 0.3 is 5.97 Å². The van der Waals surface area contributed by atoms with Crippen LogP contribution in [0.4, 0.5) is 0 Å². The van der Waals surface area contributed by atoms with E-state index in [9.17, 15) is 4.79 Å². The maximum absolute atomic E-state index is 9.95. The molecule has 0 amide bonds. The first-order chi connectivity index (χ1) is 3.31. The van der Waals surface area contributed by atoms with Crippen molar-refractivity contribution in [3.8, 4) is 12.3 Å². The van der Waals surface area contributed by atoms with Gasteiger partial charge in [0, 0.05) is 28.3 Å². The van der Waals surface area contributed by atoms with E-state index in [2.05, 4.69) is 11.2 Å². The minimum Gasteiger partial charge on any atom is -0.456 e. The number of ether oxygens (including phenoxy) is 1. The molecule has 0 bridgehead atoms. The van der Waals surface area contributed by atoms with Crippen LogP contribution in [0.5, 0.6) is 0 Å². The molecule has 0 spiro atoms. The number of hydrogen-bond donors (Lipinski definition) is 0. The summed E-state index contributed by atoms with van der Waals surface area (Å²) < 4.78 is 4.32. The molecule has 0 atom stereocenters. The second-order valence-corrected chi connectivity index (χ2v) is 0.865. The van der Waals surface area contributed by atoms with Crippen molar-refractivity contribution in [1.82, 2.24) is 0 Å². The van der Waals surface area contributed by atoms with Crippen molar-refractivity contribution in [2.24, 2.45) is 0 Å². The normalized spacial score (nSPS) is 6.00. The van der Waals surface area contributed by atoms with Crippen LogP contribution >= 0.6 is 0 Å². The van der Waals surface area contributed by atoms with Gasteiger partial charge in [-0.25, -0.2) is 4.79 Å². The van der Waals surface area contributed by atoms with Gasteiger partial charge in [0.15, 0.2) is 0 Å². The fraction of sp³-hybridized carbons (Fsp3) is 0.400. The smallest absolute Gasteiger partial charge is 0.384 e. The quantitative estimate of drug-likeness (QED) is 0.265. The summed E-state index contributed by atoms with van der Waals surface area (Å²) in [5.41, 5.74) is 0. The largest absolute Gasteiger partial charge is 0.456 e. The minimum absolute atomic E-state index is 0. The van der Waals surface area contributed by atoms with E-state index in [1.165, 1.54) is 0 Å². The Labute approximate surface area is 64.1 Å². The number of rotatable bonds is 1. The molecule has 49 valence electrons. The molecule has 8 heavy (non-hydrogen) atoms. The van der Waals surface area contributed by atoms with E-state index in [4.69, 9.17) is 0 Å². The van der Waals surface area contributed by atoms with Gasteiger partial charge in [-0.1, -0.05) is 0 Å². The molecule has 0 aliphatic carbocycles. The van der Waals surface area contributed by atoms with Gasteiger partial charge in [0.05, 0.1) is 6.61 Å². The first-order valence-electron chi connectivity index (χ1n) is 1.94. The van der Waals surface area contributed by atoms with Crippen molar-refractivity contribution in [2.75, 3.05) is 6.61 Å². The number of carbonyl (C=O) groups excluding carboxylic acids is 1. The van der Waals surface area contributed by atoms with Crippen molar-refractivity contribution in [1.29, 1.82) is 0 Å². The zero-order chi connectivity index (χ0) is 5.70. The average molecular weight is 206 g/mol. The van der Waals surface area contributed by atoms with E-state index in [1.54, 1.807) is 12.8 Å². The van der Waals surface area contributed by atoms with E-state index in [0.717, 1.165) is 0 Å². The van der Waals surface area contributed by atoms with E-state index < -0.39 is 5.97 Å². The molecule has 0 heterocycles. The summed E-state index contributed by atoms with van der Waals surface area (Å²) in [6, 6.07) is 0. The molecule has 3 heteroatoms. The Morgan fingerprint density at radius 1 is 1.88 bits per heavy atom. The summed E-state index contributed by atoms with van der Waals surface area (Å²) in [5.74, 6) is 1.21. The first-order valence-corrected chi connectivity index (χ1v) is 1.94. The van der Waals surface area contributed by atoms with E-state index in [0.29, 0.717) is 6.61 Å². The molecule has 0 saturated carbocycles. The monoisotopic (exact) mass is 205 g/mol. The fourth-order valence-corrected chi connectivity index (χ4v) is 0.173. The molecule has 0 unspecified atom stereocenters. The average Bonchev–Trinajstić information content (AvgIpc) is 1.68. The molecule has 0 aromatic carbocycles. The van der Waals surface area contributed by atoms with E-state index in [1.807, 2.05) is 0 Å². The van der Waals surface area contributed by atoms with Gasteiger partial charge in [-0.2, -0.15) is 0 Å². The maximum Gasteiger partial charge on any atom is 0.384 e. The molecule has 0 aromatic rings. The predicted molar refractivity (Wildman–Crippen MR) is 25.5 cm³/mol. The molecule has 0 N–H and O–H groups in total. The molecule has 0 aliphatic rings. The molecular weight excluding hydrogens is 200 g/mol. The zero-order valence-electron chi connectivity index (χ0n) is 4.40. The molecule has 0 aliphatic heterocycles. The van der Waals surface area contributed by atoms with Crippen molar-refractivity contribution < 1.29 is 31.9 Å². The summed E-state index contributed by atoms with van der Waals surface area (Å²) >= 11 is 0. The molecule has 0 aromatic heterocycles. The van der Waals surface area contributed by atoms with Crippen LogP contribution in [0.25, 0.3) is 0 Å². The number of hydrogen-bond acceptors (Lipinski definition) is 2. The SMILES string of the molecule is C#CC(=O)OCC.[Ag]. The maximum atomic E-state index is 9.95. The van der Waals surface area contributed by atoms with Crippen LogP contribution in [-0.2, 0) is 31.9 Å². The summed E-state index contributed by atoms with van der Waals surface area (Å²) in [6.07, 6.45) is 4.63.